The number of anilines is 1. The highest BCUT2D eigenvalue weighted by Crippen LogP contribution is 2.36. The molecule has 1 aliphatic carbocycles. The fourth-order valence-corrected chi connectivity index (χ4v) is 5.45. The Morgan fingerprint density at radius 1 is 1.21 bits per heavy atom. The highest BCUT2D eigenvalue weighted by Gasteiger charge is 2.31. The lowest BCUT2D eigenvalue weighted by Gasteiger charge is -2.41. The summed E-state index contributed by atoms with van der Waals surface area (Å²) in [6.45, 7) is 2.28. The van der Waals surface area contributed by atoms with Gasteiger partial charge in [-0.25, -0.2) is 12.7 Å². The second-order valence-corrected chi connectivity index (χ2v) is 10.1. The Kier molecular flexibility index (Phi) is 6.62. The Bertz CT molecular complexity index is 810. The normalized spacial score (nSPS) is 23.3. The fraction of sp³-hybridized carbons (Fsp3) is 0.650. The summed E-state index contributed by atoms with van der Waals surface area (Å²) >= 11 is 0. The van der Waals surface area contributed by atoms with Gasteiger partial charge >= 0.3 is 0 Å². The predicted octanol–water partition coefficient (Wildman–Crippen LogP) is 2.40. The van der Waals surface area contributed by atoms with E-state index in [1.165, 1.54) is 59.4 Å². The molecule has 1 saturated heterocycles. The summed E-state index contributed by atoms with van der Waals surface area (Å²) in [4.78, 5) is 14.8. The van der Waals surface area contributed by atoms with Gasteiger partial charge in [0, 0.05) is 26.3 Å². The summed E-state index contributed by atoms with van der Waals surface area (Å²) in [7, 11) is 0.690. The second kappa shape index (κ2) is 8.80. The number of nitrogens with one attached hydrogen (secondary N) is 1. The van der Waals surface area contributed by atoms with E-state index in [4.69, 9.17) is 4.74 Å². The molecule has 0 bridgehead atoms. The molecule has 28 heavy (non-hydrogen) atoms. The summed E-state index contributed by atoms with van der Waals surface area (Å²) in [5.74, 6) is 1.68. The lowest BCUT2D eigenvalue weighted by molar-refractivity contribution is -0.118. The monoisotopic (exact) mass is 409 g/mol. The van der Waals surface area contributed by atoms with Gasteiger partial charge in [0.15, 0.2) is 0 Å². The van der Waals surface area contributed by atoms with Crippen LogP contribution in [0, 0.1) is 11.8 Å². The van der Waals surface area contributed by atoms with E-state index < -0.39 is 10.0 Å². The van der Waals surface area contributed by atoms with Crippen LogP contribution in [0.3, 0.4) is 0 Å². The molecule has 1 N–H and O–H groups in total. The zero-order chi connectivity index (χ0) is 20.3. The van der Waals surface area contributed by atoms with Crippen LogP contribution in [0.1, 0.15) is 32.1 Å². The van der Waals surface area contributed by atoms with Crippen LogP contribution in [0.25, 0.3) is 0 Å². The number of amides is 1. The second-order valence-electron chi connectivity index (χ2n) is 8.03. The van der Waals surface area contributed by atoms with Gasteiger partial charge in [0.1, 0.15) is 10.6 Å². The molecule has 1 aromatic rings. The van der Waals surface area contributed by atoms with Crippen LogP contribution < -0.4 is 10.1 Å². The van der Waals surface area contributed by atoms with Crippen LogP contribution in [-0.4, -0.2) is 64.4 Å². The van der Waals surface area contributed by atoms with Crippen LogP contribution in [-0.2, 0) is 14.8 Å². The van der Waals surface area contributed by atoms with Crippen LogP contribution >= 0.6 is 0 Å². The van der Waals surface area contributed by atoms with Gasteiger partial charge in [0.05, 0.1) is 13.7 Å². The number of ether oxygens (including phenoxy) is 1. The van der Waals surface area contributed by atoms with Gasteiger partial charge in [-0.15, -0.1) is 0 Å². The molecule has 156 valence electrons. The molecule has 1 amide bonds. The Hall–Kier alpha value is -1.64. The molecule has 2 aliphatic rings. The van der Waals surface area contributed by atoms with E-state index in [0.717, 1.165) is 23.3 Å². The molecule has 8 heteroatoms. The highest BCUT2D eigenvalue weighted by atomic mass is 32.2. The van der Waals surface area contributed by atoms with Gasteiger partial charge in [0.25, 0.3) is 0 Å². The van der Waals surface area contributed by atoms with Crippen molar-refractivity contribution in [3.8, 4) is 5.75 Å². The molecule has 0 spiro atoms. The number of piperidine rings is 1. The van der Waals surface area contributed by atoms with Gasteiger partial charge < -0.3 is 10.1 Å². The van der Waals surface area contributed by atoms with Crippen molar-refractivity contribution < 1.29 is 17.9 Å². The lowest BCUT2D eigenvalue weighted by Crippen LogP contribution is -2.44. The first-order valence-electron chi connectivity index (χ1n) is 9.94. The van der Waals surface area contributed by atoms with Crippen molar-refractivity contribution in [1.82, 2.24) is 9.21 Å². The largest absolute Gasteiger partial charge is 0.495 e. The smallest absolute Gasteiger partial charge is 0.246 e. The quantitative estimate of drug-likeness (QED) is 0.781. The van der Waals surface area contributed by atoms with Crippen molar-refractivity contribution in [2.24, 2.45) is 11.8 Å². The van der Waals surface area contributed by atoms with Gasteiger partial charge in [-0.2, -0.15) is 0 Å². The number of sulfonamides is 1. The molecule has 7 nitrogen and oxygen atoms in total. The van der Waals surface area contributed by atoms with E-state index in [9.17, 15) is 13.2 Å². The van der Waals surface area contributed by atoms with E-state index in [0.29, 0.717) is 18.2 Å². The molecule has 1 aliphatic heterocycles. The number of methoxy groups -OCH3 is 1. The van der Waals surface area contributed by atoms with Crippen molar-refractivity contribution in [2.45, 2.75) is 37.0 Å². The zero-order valence-corrected chi connectivity index (χ0v) is 17.8. The zero-order valence-electron chi connectivity index (χ0n) is 17.0. The van der Waals surface area contributed by atoms with Crippen molar-refractivity contribution in [3.63, 3.8) is 0 Å². The third-order valence-electron chi connectivity index (χ3n) is 5.95. The first-order chi connectivity index (χ1) is 13.3. The molecule has 1 heterocycles. The van der Waals surface area contributed by atoms with Crippen LogP contribution in [0.15, 0.2) is 23.1 Å². The molecule has 0 unspecified atom stereocenters. The van der Waals surface area contributed by atoms with Gasteiger partial charge in [-0.05, 0) is 49.4 Å². The van der Waals surface area contributed by atoms with Gasteiger partial charge in [-0.3, -0.25) is 9.69 Å². The van der Waals surface area contributed by atoms with Crippen LogP contribution in [0.5, 0.6) is 5.75 Å². The molecular weight excluding hydrogens is 378 g/mol. The molecule has 0 radical (unpaired) electrons. The van der Waals surface area contributed by atoms with Gasteiger partial charge in [-0.1, -0.05) is 19.3 Å². The average Bonchev–Trinajstić information content (AvgIpc) is 2.67. The predicted molar refractivity (Wildman–Crippen MR) is 109 cm³/mol. The summed E-state index contributed by atoms with van der Waals surface area (Å²) in [5, 5.41) is 2.84. The third-order valence-corrected chi connectivity index (χ3v) is 7.78. The first-order valence-corrected chi connectivity index (χ1v) is 11.4. The van der Waals surface area contributed by atoms with E-state index >= 15 is 0 Å². The number of carbonyl (C=O) groups excluding carboxylic acids is 1. The minimum atomic E-state index is -3.67. The molecule has 2 fully saturated rings. The summed E-state index contributed by atoms with van der Waals surface area (Å²) < 4.78 is 31.4. The number of hydrogen-bond donors (Lipinski definition) is 1. The maximum absolute atomic E-state index is 12.5. The highest BCUT2D eigenvalue weighted by molar-refractivity contribution is 7.89. The average molecular weight is 410 g/mol. The number of likely N-dealkylation sites (tertiary alicyclic amines) is 1. The molecular formula is C20H31N3O4S. The number of carbonyl (C=O) groups is 1. The van der Waals surface area contributed by atoms with Crippen molar-refractivity contribution >= 4 is 21.6 Å². The SMILES string of the molecule is COc1ccc(NC(=O)CN2CC[C@H]3CCCC[C@@H]3C2)cc1S(=O)(=O)N(C)C. The Balaban J connectivity index is 1.65. The van der Waals surface area contributed by atoms with E-state index in [1.54, 1.807) is 12.1 Å². The van der Waals surface area contributed by atoms with Crippen LogP contribution in [0.4, 0.5) is 5.69 Å². The molecule has 3 rings (SSSR count). The van der Waals surface area contributed by atoms with E-state index in [-0.39, 0.29) is 16.6 Å². The van der Waals surface area contributed by atoms with Crippen LogP contribution in [0.2, 0.25) is 0 Å². The number of nitrogens with zero attached hydrogens (tertiary/aromatic N) is 2. The lowest BCUT2D eigenvalue weighted by atomic mass is 9.75. The maximum Gasteiger partial charge on any atom is 0.246 e. The van der Waals surface area contributed by atoms with Crippen molar-refractivity contribution in [1.29, 1.82) is 0 Å². The molecule has 0 aromatic heterocycles. The minimum Gasteiger partial charge on any atom is -0.495 e. The van der Waals surface area contributed by atoms with E-state index in [2.05, 4.69) is 10.2 Å². The molecule has 1 saturated carbocycles. The number of rotatable bonds is 6. The van der Waals surface area contributed by atoms with E-state index in [1.807, 2.05) is 0 Å². The third kappa shape index (κ3) is 4.67. The Morgan fingerprint density at radius 2 is 1.93 bits per heavy atom. The topological polar surface area (TPSA) is 79.0 Å². The molecule has 1 aromatic carbocycles. The van der Waals surface area contributed by atoms with Crippen molar-refractivity contribution in [2.75, 3.05) is 46.2 Å². The maximum atomic E-state index is 12.5. The number of benzene rings is 1. The Morgan fingerprint density at radius 3 is 2.61 bits per heavy atom. The summed E-state index contributed by atoms with van der Waals surface area (Å²) in [6.07, 6.45) is 6.42. The fourth-order valence-electron chi connectivity index (χ4n) is 4.38. The minimum absolute atomic E-state index is 0.0424. The summed E-state index contributed by atoms with van der Waals surface area (Å²) in [5.41, 5.74) is 0.457. The van der Waals surface area contributed by atoms with Gasteiger partial charge in [0.2, 0.25) is 15.9 Å². The van der Waals surface area contributed by atoms with Crippen molar-refractivity contribution in [3.05, 3.63) is 18.2 Å². The first kappa shape index (κ1) is 21.1. The Labute approximate surface area is 168 Å². The standard InChI is InChI=1S/C20H31N3O4S/c1-22(2)28(25,26)19-12-17(8-9-18(19)27-3)21-20(24)14-23-11-10-15-6-4-5-7-16(15)13-23/h8-9,12,15-16H,4-7,10-11,13-14H2,1-3H3,(H,21,24)/t15-,16-/m1/s1. The number of fused-ring (bicyclic) bond motifs is 1. The molecule has 2 atom stereocenters. The number of hydrogen-bond acceptors (Lipinski definition) is 5. The summed E-state index contributed by atoms with van der Waals surface area (Å²) in [6, 6.07) is 4.69.